The standard InChI is InChI=1S/C20H24N2O4S2/c1-20(2,24)14-10-17(27-11-14)28(25,26)22-19(23)21-18-15-7-3-5-12(15)9-13-6-4-8-16(13)18/h9-11,24H,3-8H2,1-2H3,(H2,21,22,23). The van der Waals surface area contributed by atoms with Crippen molar-refractivity contribution in [1.82, 2.24) is 4.72 Å². The Balaban J connectivity index is 1.56. The molecule has 0 saturated heterocycles. The zero-order valence-corrected chi connectivity index (χ0v) is 17.6. The quantitative estimate of drug-likeness (QED) is 0.706. The Kier molecular flexibility index (Phi) is 4.76. The second-order valence-electron chi connectivity index (χ2n) is 8.01. The topological polar surface area (TPSA) is 95.5 Å². The lowest BCUT2D eigenvalue weighted by atomic mass is 9.99. The zero-order valence-electron chi connectivity index (χ0n) is 16.0. The van der Waals surface area contributed by atoms with E-state index in [4.69, 9.17) is 0 Å². The van der Waals surface area contributed by atoms with E-state index in [1.54, 1.807) is 19.2 Å². The maximum absolute atomic E-state index is 12.6. The largest absolute Gasteiger partial charge is 0.386 e. The molecule has 0 bridgehead atoms. The van der Waals surface area contributed by atoms with Crippen LogP contribution < -0.4 is 10.0 Å². The second kappa shape index (κ2) is 6.86. The van der Waals surface area contributed by atoms with Gasteiger partial charge in [0, 0.05) is 5.69 Å². The van der Waals surface area contributed by atoms with Crippen molar-refractivity contribution < 1.29 is 18.3 Å². The molecule has 150 valence electrons. The molecule has 0 atom stereocenters. The van der Waals surface area contributed by atoms with Crippen LogP contribution in [0.2, 0.25) is 0 Å². The Morgan fingerprint density at radius 1 is 1.07 bits per heavy atom. The Bertz CT molecular complexity index is 1020. The first-order valence-electron chi connectivity index (χ1n) is 9.47. The van der Waals surface area contributed by atoms with Crippen LogP contribution in [0.25, 0.3) is 0 Å². The molecular formula is C20H24N2O4S2. The van der Waals surface area contributed by atoms with Crippen LogP contribution in [-0.2, 0) is 41.3 Å². The maximum Gasteiger partial charge on any atom is 0.333 e. The Morgan fingerprint density at radius 2 is 1.68 bits per heavy atom. The molecule has 2 aliphatic carbocycles. The normalized spacial score (nSPS) is 16.0. The van der Waals surface area contributed by atoms with Crippen molar-refractivity contribution >= 4 is 33.1 Å². The van der Waals surface area contributed by atoms with Crippen LogP contribution in [-0.4, -0.2) is 19.6 Å². The zero-order chi connectivity index (χ0) is 20.1. The maximum atomic E-state index is 12.6. The summed E-state index contributed by atoms with van der Waals surface area (Å²) in [5.41, 5.74) is 4.99. The van der Waals surface area contributed by atoms with Crippen LogP contribution in [0.4, 0.5) is 10.5 Å². The van der Waals surface area contributed by atoms with Crippen LogP contribution in [0.15, 0.2) is 21.7 Å². The number of nitrogens with one attached hydrogen (secondary N) is 2. The third-order valence-electron chi connectivity index (χ3n) is 5.49. The fourth-order valence-corrected chi connectivity index (χ4v) is 6.31. The molecule has 1 aromatic carbocycles. The van der Waals surface area contributed by atoms with Gasteiger partial charge in [-0.15, -0.1) is 11.3 Å². The van der Waals surface area contributed by atoms with Gasteiger partial charge in [0.05, 0.1) is 5.60 Å². The van der Waals surface area contributed by atoms with Gasteiger partial charge in [-0.25, -0.2) is 17.9 Å². The SMILES string of the molecule is CC(C)(O)c1csc(S(=O)(=O)NC(=O)Nc2c3c(cc4c2CCC4)CCC3)c1. The number of hydrogen-bond donors (Lipinski definition) is 3. The second-order valence-corrected chi connectivity index (χ2v) is 10.8. The number of amides is 2. The van der Waals surface area contributed by atoms with Crippen LogP contribution >= 0.6 is 11.3 Å². The molecule has 3 N–H and O–H groups in total. The van der Waals surface area contributed by atoms with E-state index in [0.717, 1.165) is 66.7 Å². The number of carbonyl (C=O) groups excluding carboxylic acids is 1. The van der Waals surface area contributed by atoms with Crippen molar-refractivity contribution in [2.75, 3.05) is 5.32 Å². The number of benzene rings is 1. The van der Waals surface area contributed by atoms with E-state index in [0.29, 0.717) is 5.56 Å². The summed E-state index contributed by atoms with van der Waals surface area (Å²) in [5, 5.41) is 14.5. The van der Waals surface area contributed by atoms with Crippen molar-refractivity contribution in [3.63, 3.8) is 0 Å². The summed E-state index contributed by atoms with van der Waals surface area (Å²) >= 11 is 0.981. The van der Waals surface area contributed by atoms with Crippen LogP contribution in [0.3, 0.4) is 0 Å². The van der Waals surface area contributed by atoms with Crippen molar-refractivity contribution in [3.8, 4) is 0 Å². The molecule has 0 spiro atoms. The van der Waals surface area contributed by atoms with Crippen molar-refractivity contribution in [2.24, 2.45) is 0 Å². The fourth-order valence-electron chi connectivity index (χ4n) is 4.06. The molecule has 6 nitrogen and oxygen atoms in total. The number of aliphatic hydroxyl groups is 1. The number of carbonyl (C=O) groups is 1. The van der Waals surface area contributed by atoms with Gasteiger partial charge < -0.3 is 10.4 Å². The first-order valence-corrected chi connectivity index (χ1v) is 11.8. The molecule has 1 heterocycles. The molecule has 2 aliphatic rings. The number of rotatable bonds is 4. The molecular weight excluding hydrogens is 396 g/mol. The average Bonchev–Trinajstić information content (AvgIpc) is 3.33. The Morgan fingerprint density at radius 3 is 2.21 bits per heavy atom. The van der Waals surface area contributed by atoms with E-state index < -0.39 is 21.7 Å². The molecule has 8 heteroatoms. The van der Waals surface area contributed by atoms with E-state index >= 15 is 0 Å². The number of fused-ring (bicyclic) bond motifs is 2. The van der Waals surface area contributed by atoms with E-state index in [1.165, 1.54) is 17.2 Å². The predicted molar refractivity (Wildman–Crippen MR) is 109 cm³/mol. The van der Waals surface area contributed by atoms with Crippen molar-refractivity contribution in [1.29, 1.82) is 0 Å². The molecule has 0 radical (unpaired) electrons. The van der Waals surface area contributed by atoms with E-state index in [2.05, 4.69) is 16.1 Å². The highest BCUT2D eigenvalue weighted by atomic mass is 32.2. The van der Waals surface area contributed by atoms with Gasteiger partial charge >= 0.3 is 6.03 Å². The third kappa shape index (κ3) is 3.56. The van der Waals surface area contributed by atoms with E-state index in [-0.39, 0.29) is 4.21 Å². The fraction of sp³-hybridized carbons (Fsp3) is 0.450. The van der Waals surface area contributed by atoms with E-state index in [1.807, 2.05) is 0 Å². The van der Waals surface area contributed by atoms with Crippen molar-refractivity contribution in [2.45, 2.75) is 62.2 Å². The lowest BCUT2D eigenvalue weighted by molar-refractivity contribution is 0.0789. The Labute approximate surface area is 169 Å². The lowest BCUT2D eigenvalue weighted by Crippen LogP contribution is -2.34. The highest BCUT2D eigenvalue weighted by Crippen LogP contribution is 2.38. The van der Waals surface area contributed by atoms with Crippen molar-refractivity contribution in [3.05, 3.63) is 45.3 Å². The van der Waals surface area contributed by atoms with Gasteiger partial charge in [0.25, 0.3) is 10.0 Å². The number of urea groups is 1. The molecule has 2 amide bonds. The van der Waals surface area contributed by atoms with Crippen LogP contribution in [0.5, 0.6) is 0 Å². The Hall–Kier alpha value is -1.90. The first kappa shape index (κ1) is 19.4. The summed E-state index contributed by atoms with van der Waals surface area (Å²) in [5.74, 6) is 0. The predicted octanol–water partition coefficient (Wildman–Crippen LogP) is 3.46. The minimum atomic E-state index is -4.00. The number of sulfonamides is 1. The molecule has 0 saturated carbocycles. The number of anilines is 1. The van der Waals surface area contributed by atoms with Gasteiger partial charge in [0.15, 0.2) is 0 Å². The van der Waals surface area contributed by atoms with Gasteiger partial charge in [-0.05, 0) is 91.6 Å². The highest BCUT2D eigenvalue weighted by molar-refractivity contribution is 7.92. The molecule has 1 aromatic heterocycles. The first-order chi connectivity index (χ1) is 13.1. The number of aryl methyl sites for hydroxylation is 2. The summed E-state index contributed by atoms with van der Waals surface area (Å²) in [7, 11) is -4.00. The minimum absolute atomic E-state index is 0.00305. The van der Waals surface area contributed by atoms with Gasteiger partial charge in [0.2, 0.25) is 0 Å². The highest BCUT2D eigenvalue weighted by Gasteiger charge is 2.28. The molecule has 2 aromatic rings. The minimum Gasteiger partial charge on any atom is -0.386 e. The van der Waals surface area contributed by atoms with Crippen LogP contribution in [0.1, 0.15) is 54.5 Å². The third-order valence-corrected chi connectivity index (χ3v) is 8.26. The van der Waals surface area contributed by atoms with Gasteiger partial charge in [0.1, 0.15) is 4.21 Å². The van der Waals surface area contributed by atoms with Crippen LogP contribution in [0, 0.1) is 0 Å². The number of hydrogen-bond acceptors (Lipinski definition) is 5. The summed E-state index contributed by atoms with van der Waals surface area (Å²) in [6.07, 6.45) is 5.94. The van der Waals surface area contributed by atoms with E-state index in [9.17, 15) is 18.3 Å². The average molecular weight is 421 g/mol. The molecule has 0 aliphatic heterocycles. The monoisotopic (exact) mass is 420 g/mol. The van der Waals surface area contributed by atoms with Gasteiger partial charge in [-0.1, -0.05) is 6.07 Å². The molecule has 28 heavy (non-hydrogen) atoms. The molecule has 0 fully saturated rings. The summed E-state index contributed by atoms with van der Waals surface area (Å²) in [4.78, 5) is 12.6. The molecule has 4 rings (SSSR count). The summed E-state index contributed by atoms with van der Waals surface area (Å²) in [6.45, 7) is 3.17. The van der Waals surface area contributed by atoms with Gasteiger partial charge in [-0.3, -0.25) is 0 Å². The number of thiophene rings is 1. The lowest BCUT2D eigenvalue weighted by Gasteiger charge is -2.16. The summed E-state index contributed by atoms with van der Waals surface area (Å²) < 4.78 is 27.3. The molecule has 0 unspecified atom stereocenters. The smallest absolute Gasteiger partial charge is 0.333 e. The van der Waals surface area contributed by atoms with Gasteiger partial charge in [-0.2, -0.15) is 0 Å². The summed E-state index contributed by atoms with van der Waals surface area (Å²) in [6, 6.07) is 2.92.